The third-order valence-corrected chi connectivity index (χ3v) is 5.58. The smallest absolute Gasteiger partial charge is 0.286 e. The van der Waals surface area contributed by atoms with Gasteiger partial charge in [-0.2, -0.15) is 0 Å². The summed E-state index contributed by atoms with van der Waals surface area (Å²) < 4.78 is 23.8. The Labute approximate surface area is 198 Å². The number of rotatable bonds is 9. The first-order valence-electron chi connectivity index (χ1n) is 10.4. The summed E-state index contributed by atoms with van der Waals surface area (Å²) in [5.41, 5.74) is 0.866. The number of ether oxygens (including phenoxy) is 1. The average Bonchev–Trinajstić information content (AvgIpc) is 3.51. The van der Waals surface area contributed by atoms with Gasteiger partial charge in [0.1, 0.15) is 23.9 Å². The lowest BCUT2D eigenvalue weighted by Gasteiger charge is -2.13. The Balaban J connectivity index is 1.32. The lowest BCUT2D eigenvalue weighted by atomic mass is 10.1. The molecule has 4 aromatic rings. The van der Waals surface area contributed by atoms with Crippen molar-refractivity contribution in [3.8, 4) is 5.75 Å². The van der Waals surface area contributed by atoms with Crippen LogP contribution in [0.2, 0.25) is 0 Å². The zero-order chi connectivity index (χ0) is 23.9. The zero-order valence-electron chi connectivity index (χ0n) is 18.2. The van der Waals surface area contributed by atoms with Crippen LogP contribution in [0, 0.1) is 5.82 Å². The van der Waals surface area contributed by atoms with Gasteiger partial charge in [-0.05, 0) is 61.5 Å². The summed E-state index contributed by atoms with van der Waals surface area (Å²) in [7, 11) is 0. The number of carbonyl (C=O) groups is 2. The van der Waals surface area contributed by atoms with Crippen molar-refractivity contribution < 1.29 is 23.1 Å². The van der Waals surface area contributed by atoms with Crippen LogP contribution >= 0.6 is 11.3 Å². The molecule has 10 heteroatoms. The van der Waals surface area contributed by atoms with Crippen molar-refractivity contribution in [1.82, 2.24) is 15.5 Å². The summed E-state index contributed by atoms with van der Waals surface area (Å²) in [6, 6.07) is 15.7. The summed E-state index contributed by atoms with van der Waals surface area (Å²) >= 11 is 1.08. The maximum Gasteiger partial charge on any atom is 0.286 e. The van der Waals surface area contributed by atoms with Crippen LogP contribution in [0.3, 0.4) is 0 Å². The van der Waals surface area contributed by atoms with Gasteiger partial charge >= 0.3 is 0 Å². The Morgan fingerprint density at radius 2 is 1.91 bits per heavy atom. The highest BCUT2D eigenvalue weighted by Gasteiger charge is 2.16. The van der Waals surface area contributed by atoms with Gasteiger partial charge in [0.2, 0.25) is 5.01 Å². The zero-order valence-corrected chi connectivity index (χ0v) is 19.0. The van der Waals surface area contributed by atoms with Crippen molar-refractivity contribution >= 4 is 28.8 Å². The van der Waals surface area contributed by atoms with Gasteiger partial charge in [-0.3, -0.25) is 9.59 Å². The van der Waals surface area contributed by atoms with Crippen LogP contribution in [0.15, 0.2) is 71.3 Å². The third kappa shape index (κ3) is 6.26. The number of hydrogen-bond donors (Lipinski definition) is 2. The van der Waals surface area contributed by atoms with E-state index in [1.807, 2.05) is 13.0 Å². The van der Waals surface area contributed by atoms with Gasteiger partial charge in [0.25, 0.3) is 11.8 Å². The van der Waals surface area contributed by atoms with Crippen molar-refractivity contribution in [2.75, 3.05) is 5.32 Å². The summed E-state index contributed by atoms with van der Waals surface area (Å²) in [6.07, 6.45) is 2.16. The molecule has 0 fully saturated rings. The number of anilines is 1. The summed E-state index contributed by atoms with van der Waals surface area (Å²) in [6.45, 7) is 1.99. The Bertz CT molecular complexity index is 1260. The molecule has 0 radical (unpaired) electrons. The van der Waals surface area contributed by atoms with Crippen LogP contribution in [0.4, 0.5) is 10.1 Å². The minimum absolute atomic E-state index is 0.0996. The molecule has 0 aliphatic rings. The van der Waals surface area contributed by atoms with Crippen molar-refractivity contribution in [1.29, 1.82) is 0 Å². The van der Waals surface area contributed by atoms with E-state index >= 15 is 0 Å². The molecule has 0 unspecified atom stereocenters. The van der Waals surface area contributed by atoms with E-state index < -0.39 is 5.91 Å². The number of amides is 2. The Morgan fingerprint density at radius 3 is 2.68 bits per heavy atom. The number of nitrogens with zero attached hydrogens (tertiary/aromatic N) is 2. The molecule has 34 heavy (non-hydrogen) atoms. The van der Waals surface area contributed by atoms with Crippen LogP contribution in [-0.2, 0) is 13.0 Å². The number of carbonyl (C=O) groups excluding carboxylic acids is 2. The fourth-order valence-electron chi connectivity index (χ4n) is 3.09. The van der Waals surface area contributed by atoms with E-state index in [2.05, 4.69) is 20.8 Å². The Kier molecular flexibility index (Phi) is 7.28. The molecule has 0 aliphatic carbocycles. The standard InChI is InChI=1S/C24H21FN4O4S/c1-15(12-20-6-3-11-32-20)26-22(30)16-4-2-5-18(13-16)27-23(31)24-29-28-21(34-24)14-33-19-9-7-17(25)8-10-19/h2-11,13,15H,12,14H2,1H3,(H,26,30)(H,27,31)/t15-/m1/s1. The topological polar surface area (TPSA) is 106 Å². The molecule has 0 saturated heterocycles. The van der Waals surface area contributed by atoms with Gasteiger partial charge in [-0.25, -0.2) is 4.39 Å². The predicted octanol–water partition coefficient (Wildman–Crippen LogP) is 4.46. The van der Waals surface area contributed by atoms with Crippen LogP contribution < -0.4 is 15.4 Å². The molecule has 4 rings (SSSR count). The fraction of sp³-hybridized carbons (Fsp3) is 0.167. The van der Waals surface area contributed by atoms with Crippen molar-refractivity contribution in [2.45, 2.75) is 26.0 Å². The lowest BCUT2D eigenvalue weighted by Crippen LogP contribution is -2.34. The maximum absolute atomic E-state index is 13.0. The molecule has 174 valence electrons. The van der Waals surface area contributed by atoms with Gasteiger partial charge in [-0.1, -0.05) is 17.4 Å². The van der Waals surface area contributed by atoms with Crippen molar-refractivity contribution in [2.24, 2.45) is 0 Å². The minimum Gasteiger partial charge on any atom is -0.486 e. The van der Waals surface area contributed by atoms with Crippen LogP contribution in [0.1, 0.15) is 37.9 Å². The van der Waals surface area contributed by atoms with E-state index in [4.69, 9.17) is 9.15 Å². The molecule has 0 saturated carbocycles. The van der Waals surface area contributed by atoms with Gasteiger partial charge < -0.3 is 19.8 Å². The first-order chi connectivity index (χ1) is 16.5. The molecule has 2 heterocycles. The van der Waals surface area contributed by atoms with E-state index in [0.29, 0.717) is 28.4 Å². The molecule has 2 amide bonds. The molecule has 0 bridgehead atoms. The van der Waals surface area contributed by atoms with Crippen LogP contribution in [-0.4, -0.2) is 28.1 Å². The number of furan rings is 1. The second-order valence-electron chi connectivity index (χ2n) is 7.44. The highest BCUT2D eigenvalue weighted by Crippen LogP contribution is 2.18. The molecule has 0 aliphatic heterocycles. The van der Waals surface area contributed by atoms with Crippen molar-refractivity contribution in [3.05, 3.63) is 94.1 Å². The van der Waals surface area contributed by atoms with E-state index in [1.54, 1.807) is 36.6 Å². The summed E-state index contributed by atoms with van der Waals surface area (Å²) in [4.78, 5) is 25.2. The quantitative estimate of drug-likeness (QED) is 0.366. The Hall–Kier alpha value is -4.05. The molecule has 1 atom stereocenters. The lowest BCUT2D eigenvalue weighted by molar-refractivity contribution is 0.0938. The largest absolute Gasteiger partial charge is 0.486 e. The first kappa shape index (κ1) is 23.1. The van der Waals surface area contributed by atoms with Gasteiger partial charge in [0.15, 0.2) is 5.01 Å². The maximum atomic E-state index is 13.0. The molecule has 0 spiro atoms. The van der Waals surface area contributed by atoms with Crippen LogP contribution in [0.5, 0.6) is 5.75 Å². The van der Waals surface area contributed by atoms with Crippen LogP contribution in [0.25, 0.3) is 0 Å². The molecular formula is C24H21FN4O4S. The van der Waals surface area contributed by atoms with Gasteiger partial charge in [0, 0.05) is 23.7 Å². The number of nitrogens with one attached hydrogen (secondary N) is 2. The normalized spacial score (nSPS) is 11.6. The summed E-state index contributed by atoms with van der Waals surface area (Å²) in [5.74, 6) is 0.206. The monoisotopic (exact) mass is 480 g/mol. The molecule has 8 nitrogen and oxygen atoms in total. The second-order valence-corrected chi connectivity index (χ2v) is 8.50. The molecule has 2 N–H and O–H groups in total. The second kappa shape index (κ2) is 10.7. The SMILES string of the molecule is C[C@H](Cc1ccco1)NC(=O)c1cccc(NC(=O)c2nnc(COc3ccc(F)cc3)s2)c1. The van der Waals surface area contributed by atoms with E-state index in [-0.39, 0.29) is 29.4 Å². The summed E-state index contributed by atoms with van der Waals surface area (Å²) in [5, 5.41) is 14.1. The minimum atomic E-state index is -0.450. The van der Waals surface area contributed by atoms with Crippen molar-refractivity contribution in [3.63, 3.8) is 0 Å². The number of halogens is 1. The van der Waals surface area contributed by atoms with E-state index in [9.17, 15) is 14.0 Å². The Morgan fingerprint density at radius 1 is 1.09 bits per heavy atom. The van der Waals surface area contributed by atoms with Gasteiger partial charge in [-0.15, -0.1) is 10.2 Å². The predicted molar refractivity (Wildman–Crippen MR) is 124 cm³/mol. The van der Waals surface area contributed by atoms with Gasteiger partial charge in [0.05, 0.1) is 6.26 Å². The highest BCUT2D eigenvalue weighted by atomic mass is 32.1. The number of benzene rings is 2. The highest BCUT2D eigenvalue weighted by molar-refractivity contribution is 7.13. The average molecular weight is 481 g/mol. The molecular weight excluding hydrogens is 459 g/mol. The number of aromatic nitrogens is 2. The van der Waals surface area contributed by atoms with E-state index in [1.165, 1.54) is 24.3 Å². The fourth-order valence-corrected chi connectivity index (χ4v) is 3.74. The molecule has 2 aromatic heterocycles. The van der Waals surface area contributed by atoms with E-state index in [0.717, 1.165) is 17.1 Å². The molecule has 2 aromatic carbocycles. The third-order valence-electron chi connectivity index (χ3n) is 4.68. The number of hydrogen-bond acceptors (Lipinski definition) is 7. The first-order valence-corrected chi connectivity index (χ1v) is 11.2.